The molecule has 4 heteroatoms. The fraction of sp³-hybridized carbons (Fsp3) is 0.417. The van der Waals surface area contributed by atoms with Crippen molar-refractivity contribution in [2.75, 3.05) is 7.11 Å². The lowest BCUT2D eigenvalue weighted by Crippen LogP contribution is -2.14. The number of phenols is 1. The minimum Gasteiger partial charge on any atom is -0.508 e. The van der Waals surface area contributed by atoms with Gasteiger partial charge in [0.2, 0.25) is 0 Å². The molecule has 0 heterocycles. The lowest BCUT2D eigenvalue weighted by molar-refractivity contribution is -0.137. The number of methoxy groups -OCH3 is 1. The quantitative estimate of drug-likeness (QED) is 0.816. The van der Waals surface area contributed by atoms with E-state index in [1.54, 1.807) is 25.3 Å². The first-order valence-electron chi connectivity index (χ1n) is 5.17. The van der Waals surface area contributed by atoms with Gasteiger partial charge in [-0.1, -0.05) is 0 Å². The summed E-state index contributed by atoms with van der Waals surface area (Å²) in [7, 11) is 1.55. The maximum atomic E-state index is 10.8. The van der Waals surface area contributed by atoms with E-state index in [1.807, 2.05) is 0 Å². The third-order valence-electron chi connectivity index (χ3n) is 3.10. The van der Waals surface area contributed by atoms with Gasteiger partial charge in [-0.2, -0.15) is 0 Å². The van der Waals surface area contributed by atoms with Gasteiger partial charge in [-0.25, -0.2) is 0 Å². The summed E-state index contributed by atoms with van der Waals surface area (Å²) in [6.45, 7) is 0. The normalized spacial score (nSPS) is 16.8. The zero-order valence-corrected chi connectivity index (χ0v) is 9.06. The first kappa shape index (κ1) is 10.8. The highest BCUT2D eigenvalue weighted by Gasteiger charge is 2.47. The van der Waals surface area contributed by atoms with Crippen LogP contribution in [0, 0.1) is 0 Å². The third kappa shape index (κ3) is 1.83. The molecule has 0 atom stereocenters. The van der Waals surface area contributed by atoms with Gasteiger partial charge in [0.25, 0.3) is 0 Å². The standard InChI is InChI=1S/C12H14O4/c1-16-10-3-2-8(13)6-9(10)12(4-5-12)7-11(14)15/h2-3,6,13H,4-5,7H2,1H3,(H,14,15). The van der Waals surface area contributed by atoms with Crippen molar-refractivity contribution < 1.29 is 19.7 Å². The second kappa shape index (κ2) is 3.70. The van der Waals surface area contributed by atoms with Crippen molar-refractivity contribution in [3.63, 3.8) is 0 Å². The van der Waals surface area contributed by atoms with Crippen LogP contribution in [0.25, 0.3) is 0 Å². The Labute approximate surface area is 93.5 Å². The van der Waals surface area contributed by atoms with E-state index in [0.29, 0.717) is 5.75 Å². The van der Waals surface area contributed by atoms with E-state index >= 15 is 0 Å². The molecule has 1 saturated carbocycles. The summed E-state index contributed by atoms with van der Waals surface area (Å²) >= 11 is 0. The molecule has 1 aromatic carbocycles. The molecule has 4 nitrogen and oxygen atoms in total. The molecule has 0 aliphatic heterocycles. The molecular formula is C12H14O4. The molecule has 0 aromatic heterocycles. The van der Waals surface area contributed by atoms with E-state index in [1.165, 1.54) is 0 Å². The topological polar surface area (TPSA) is 66.8 Å². The summed E-state index contributed by atoms with van der Waals surface area (Å²) < 4.78 is 5.20. The Bertz CT molecular complexity index is 421. The molecule has 86 valence electrons. The molecule has 16 heavy (non-hydrogen) atoms. The summed E-state index contributed by atoms with van der Waals surface area (Å²) in [5.74, 6) is -0.0214. The number of carboxylic acids is 1. The highest BCUT2D eigenvalue weighted by Crippen LogP contribution is 2.54. The van der Waals surface area contributed by atoms with Gasteiger partial charge in [0, 0.05) is 11.0 Å². The molecule has 2 rings (SSSR count). The molecule has 1 aliphatic rings. The third-order valence-corrected chi connectivity index (χ3v) is 3.10. The second-order valence-electron chi connectivity index (χ2n) is 4.24. The maximum absolute atomic E-state index is 10.8. The average Bonchev–Trinajstić information content (AvgIpc) is 2.98. The van der Waals surface area contributed by atoms with Crippen LogP contribution in [-0.4, -0.2) is 23.3 Å². The van der Waals surface area contributed by atoms with Gasteiger partial charge in [0.1, 0.15) is 11.5 Å². The van der Waals surface area contributed by atoms with Crippen LogP contribution in [0.15, 0.2) is 18.2 Å². The molecule has 0 unspecified atom stereocenters. The van der Waals surface area contributed by atoms with Crippen LogP contribution in [0.5, 0.6) is 11.5 Å². The summed E-state index contributed by atoms with van der Waals surface area (Å²) in [6, 6.07) is 4.82. The number of ether oxygens (including phenoxy) is 1. The van der Waals surface area contributed by atoms with Crippen LogP contribution in [0.2, 0.25) is 0 Å². The smallest absolute Gasteiger partial charge is 0.304 e. The predicted octanol–water partition coefficient (Wildman–Crippen LogP) is 1.91. The zero-order valence-electron chi connectivity index (χ0n) is 9.06. The molecule has 0 saturated heterocycles. The summed E-state index contributed by atoms with van der Waals surface area (Å²) in [6.07, 6.45) is 1.76. The van der Waals surface area contributed by atoms with Crippen LogP contribution in [0.3, 0.4) is 0 Å². The average molecular weight is 222 g/mol. The molecule has 1 aromatic rings. The minimum absolute atomic E-state index is 0.0901. The van der Waals surface area contributed by atoms with Crippen molar-refractivity contribution in [2.45, 2.75) is 24.7 Å². The monoisotopic (exact) mass is 222 g/mol. The number of carboxylic acid groups (broad SMARTS) is 1. The highest BCUT2D eigenvalue weighted by molar-refractivity contribution is 5.70. The number of aliphatic carboxylic acids is 1. The van der Waals surface area contributed by atoms with Gasteiger partial charge in [0.05, 0.1) is 13.5 Å². The van der Waals surface area contributed by atoms with Gasteiger partial charge in [-0.15, -0.1) is 0 Å². The molecule has 0 amide bonds. The maximum Gasteiger partial charge on any atom is 0.304 e. The van der Waals surface area contributed by atoms with E-state index in [4.69, 9.17) is 9.84 Å². The van der Waals surface area contributed by atoms with Crippen LogP contribution in [0.1, 0.15) is 24.8 Å². The number of aromatic hydroxyl groups is 1. The largest absolute Gasteiger partial charge is 0.508 e. The van der Waals surface area contributed by atoms with Crippen LogP contribution in [-0.2, 0) is 10.2 Å². The lowest BCUT2D eigenvalue weighted by atomic mass is 9.91. The number of phenolic OH excluding ortho intramolecular Hbond substituents is 1. The van der Waals surface area contributed by atoms with E-state index < -0.39 is 5.97 Å². The van der Waals surface area contributed by atoms with Crippen LogP contribution < -0.4 is 4.74 Å². The van der Waals surface area contributed by atoms with Gasteiger partial charge in [-0.05, 0) is 31.0 Å². The Morgan fingerprint density at radius 2 is 2.19 bits per heavy atom. The Kier molecular flexibility index (Phi) is 2.50. The summed E-state index contributed by atoms with van der Waals surface area (Å²) in [4.78, 5) is 10.8. The van der Waals surface area contributed by atoms with Crippen molar-refractivity contribution in [1.82, 2.24) is 0 Å². The van der Waals surface area contributed by atoms with Crippen molar-refractivity contribution in [1.29, 1.82) is 0 Å². The SMILES string of the molecule is COc1ccc(O)cc1C1(CC(=O)O)CC1. The predicted molar refractivity (Wildman–Crippen MR) is 57.8 cm³/mol. The van der Waals surface area contributed by atoms with Crippen LogP contribution in [0.4, 0.5) is 0 Å². The van der Waals surface area contributed by atoms with Gasteiger partial charge < -0.3 is 14.9 Å². The van der Waals surface area contributed by atoms with Crippen molar-refractivity contribution in [2.24, 2.45) is 0 Å². The summed E-state index contributed by atoms with van der Waals surface area (Å²) in [5.41, 5.74) is 0.466. The number of hydrogen-bond acceptors (Lipinski definition) is 3. The molecule has 1 aliphatic carbocycles. The van der Waals surface area contributed by atoms with Crippen molar-refractivity contribution >= 4 is 5.97 Å². The molecule has 2 N–H and O–H groups in total. The fourth-order valence-corrected chi connectivity index (χ4v) is 2.09. The molecular weight excluding hydrogens is 208 g/mol. The number of hydrogen-bond donors (Lipinski definition) is 2. The second-order valence-corrected chi connectivity index (χ2v) is 4.24. The first-order chi connectivity index (χ1) is 7.57. The van der Waals surface area contributed by atoms with E-state index in [0.717, 1.165) is 18.4 Å². The minimum atomic E-state index is -0.817. The lowest BCUT2D eigenvalue weighted by Gasteiger charge is -2.17. The number of benzene rings is 1. The highest BCUT2D eigenvalue weighted by atomic mass is 16.5. The molecule has 0 spiro atoms. The van der Waals surface area contributed by atoms with Crippen molar-refractivity contribution in [3.05, 3.63) is 23.8 Å². The number of rotatable bonds is 4. The van der Waals surface area contributed by atoms with Gasteiger partial charge in [-0.3, -0.25) is 4.79 Å². The van der Waals surface area contributed by atoms with Crippen LogP contribution >= 0.6 is 0 Å². The first-order valence-corrected chi connectivity index (χ1v) is 5.17. The van der Waals surface area contributed by atoms with Crippen molar-refractivity contribution in [3.8, 4) is 11.5 Å². The Morgan fingerprint density at radius 1 is 1.50 bits per heavy atom. The molecule has 0 bridgehead atoms. The van der Waals surface area contributed by atoms with E-state index in [-0.39, 0.29) is 17.6 Å². The summed E-state index contributed by atoms with van der Waals surface area (Å²) in [5, 5.41) is 18.3. The van der Waals surface area contributed by atoms with E-state index in [9.17, 15) is 9.90 Å². The molecule has 0 radical (unpaired) electrons. The molecule has 1 fully saturated rings. The van der Waals surface area contributed by atoms with Gasteiger partial charge >= 0.3 is 5.97 Å². The van der Waals surface area contributed by atoms with E-state index in [2.05, 4.69) is 0 Å². The fourth-order valence-electron chi connectivity index (χ4n) is 2.09. The number of carbonyl (C=O) groups is 1. The Balaban J connectivity index is 2.38. The zero-order chi connectivity index (χ0) is 11.8. The van der Waals surface area contributed by atoms with Gasteiger partial charge in [0.15, 0.2) is 0 Å². The Morgan fingerprint density at radius 3 is 2.69 bits per heavy atom. The Hall–Kier alpha value is -1.71.